The number of carbonyl (C=O) groups excluding carboxylic acids is 1. The van der Waals surface area contributed by atoms with E-state index in [1.54, 1.807) is 0 Å². The van der Waals surface area contributed by atoms with E-state index in [0.717, 1.165) is 28.1 Å². The normalized spacial score (nSPS) is 10.8. The minimum Gasteiger partial charge on any atom is -0.486 e. The monoisotopic (exact) mass is 410 g/mol. The van der Waals surface area contributed by atoms with Gasteiger partial charge in [0, 0.05) is 12.7 Å². The molecule has 3 aromatic rings. The zero-order valence-electron chi connectivity index (χ0n) is 17.4. The first-order valence-electron chi connectivity index (χ1n) is 9.41. The van der Waals surface area contributed by atoms with Gasteiger partial charge in [0.1, 0.15) is 12.4 Å². The molecule has 0 atom stereocenters. The van der Waals surface area contributed by atoms with Gasteiger partial charge in [0.2, 0.25) is 5.91 Å². The summed E-state index contributed by atoms with van der Waals surface area (Å²) in [4.78, 5) is 12.3. The predicted molar refractivity (Wildman–Crippen MR) is 117 cm³/mol. The van der Waals surface area contributed by atoms with Crippen LogP contribution in [-0.4, -0.2) is 26.4 Å². The van der Waals surface area contributed by atoms with E-state index < -0.39 is 0 Å². The summed E-state index contributed by atoms with van der Waals surface area (Å²) in [7, 11) is 1.88. The van der Waals surface area contributed by atoms with Crippen molar-refractivity contribution >= 4 is 23.4 Å². The van der Waals surface area contributed by atoms with Crippen molar-refractivity contribution in [2.24, 2.45) is 7.05 Å². The molecular weight excluding hydrogens is 384 g/mol. The second-order valence-corrected chi connectivity index (χ2v) is 8.15. The molecule has 0 aliphatic carbocycles. The van der Waals surface area contributed by atoms with Crippen molar-refractivity contribution in [1.82, 2.24) is 14.8 Å². The Labute approximate surface area is 175 Å². The number of thioether (sulfide) groups is 1. The van der Waals surface area contributed by atoms with Gasteiger partial charge in [-0.05, 0) is 74.2 Å². The van der Waals surface area contributed by atoms with Crippen LogP contribution in [0, 0.1) is 27.7 Å². The number of hydrogen-bond acceptors (Lipinski definition) is 5. The number of ether oxygens (including phenoxy) is 1. The van der Waals surface area contributed by atoms with Gasteiger partial charge in [-0.25, -0.2) is 0 Å². The molecule has 0 aliphatic heterocycles. The number of hydrogen-bond donors (Lipinski definition) is 1. The maximum Gasteiger partial charge on any atom is 0.234 e. The number of rotatable bonds is 7. The highest BCUT2D eigenvalue weighted by molar-refractivity contribution is 7.99. The number of nitrogens with zero attached hydrogens (tertiary/aromatic N) is 3. The maximum absolute atomic E-state index is 12.3. The Morgan fingerprint density at radius 2 is 1.76 bits per heavy atom. The molecule has 0 unspecified atom stereocenters. The van der Waals surface area contributed by atoms with Crippen molar-refractivity contribution in [1.29, 1.82) is 0 Å². The van der Waals surface area contributed by atoms with Crippen LogP contribution >= 0.6 is 11.8 Å². The summed E-state index contributed by atoms with van der Waals surface area (Å²) >= 11 is 1.35. The quantitative estimate of drug-likeness (QED) is 0.586. The summed E-state index contributed by atoms with van der Waals surface area (Å²) in [6.45, 7) is 8.48. The van der Waals surface area contributed by atoms with Gasteiger partial charge >= 0.3 is 0 Å². The molecular formula is C22H26N4O2S. The number of amides is 1. The molecule has 6 nitrogen and oxygen atoms in total. The lowest BCUT2D eigenvalue weighted by Crippen LogP contribution is -2.14. The van der Waals surface area contributed by atoms with Crippen molar-refractivity contribution in [3.8, 4) is 5.75 Å². The predicted octanol–water partition coefficient (Wildman–Crippen LogP) is 4.36. The van der Waals surface area contributed by atoms with Gasteiger partial charge in [0.05, 0.1) is 5.75 Å². The van der Waals surface area contributed by atoms with Crippen LogP contribution in [-0.2, 0) is 18.4 Å². The molecule has 1 aromatic heterocycles. The van der Waals surface area contributed by atoms with E-state index in [0.29, 0.717) is 17.6 Å². The fraction of sp³-hybridized carbons (Fsp3) is 0.318. The first kappa shape index (κ1) is 20.9. The average molecular weight is 411 g/mol. The van der Waals surface area contributed by atoms with Gasteiger partial charge in [-0.1, -0.05) is 23.9 Å². The number of carbonyl (C=O) groups is 1. The third kappa shape index (κ3) is 5.60. The summed E-state index contributed by atoms with van der Waals surface area (Å²) in [5.74, 6) is 1.71. The largest absolute Gasteiger partial charge is 0.486 e. The number of aromatic nitrogens is 3. The van der Waals surface area contributed by atoms with Crippen LogP contribution in [0.2, 0.25) is 0 Å². The molecule has 0 aliphatic rings. The Morgan fingerprint density at radius 1 is 1.03 bits per heavy atom. The smallest absolute Gasteiger partial charge is 0.234 e. The number of anilines is 1. The van der Waals surface area contributed by atoms with Crippen molar-refractivity contribution in [3.63, 3.8) is 0 Å². The minimum absolute atomic E-state index is 0.0747. The Bertz CT molecular complexity index is 1010. The molecule has 1 amide bonds. The molecule has 1 N–H and O–H groups in total. The fourth-order valence-corrected chi connectivity index (χ4v) is 3.64. The highest BCUT2D eigenvalue weighted by Gasteiger charge is 2.12. The highest BCUT2D eigenvalue weighted by atomic mass is 32.2. The van der Waals surface area contributed by atoms with Crippen molar-refractivity contribution in [2.45, 2.75) is 39.5 Å². The van der Waals surface area contributed by atoms with Gasteiger partial charge < -0.3 is 14.6 Å². The lowest BCUT2D eigenvalue weighted by molar-refractivity contribution is -0.113. The molecule has 1 heterocycles. The summed E-state index contributed by atoms with van der Waals surface area (Å²) < 4.78 is 7.72. The topological polar surface area (TPSA) is 69.0 Å². The number of nitrogens with one attached hydrogen (secondary N) is 1. The number of benzene rings is 2. The van der Waals surface area contributed by atoms with Crippen LogP contribution in [0.15, 0.2) is 41.6 Å². The Morgan fingerprint density at radius 3 is 2.45 bits per heavy atom. The third-order valence-electron chi connectivity index (χ3n) is 4.61. The highest BCUT2D eigenvalue weighted by Crippen LogP contribution is 2.20. The van der Waals surface area contributed by atoms with E-state index >= 15 is 0 Å². The van der Waals surface area contributed by atoms with Gasteiger partial charge in [-0.15, -0.1) is 10.2 Å². The Hall–Kier alpha value is -2.80. The standard InChI is InChI=1S/C22H26N4O2S/c1-14-8-15(2)10-19(9-14)28-12-20-24-25-22(26(20)5)29-13-21(27)23-18-7-6-16(3)17(4)11-18/h6-11H,12-13H2,1-5H3,(H,23,27). The lowest BCUT2D eigenvalue weighted by Gasteiger charge is -2.09. The SMILES string of the molecule is Cc1cc(C)cc(OCc2nnc(SCC(=O)Nc3ccc(C)c(C)c3)n2C)c1. The van der Waals surface area contributed by atoms with Crippen LogP contribution in [0.4, 0.5) is 5.69 Å². The molecule has 29 heavy (non-hydrogen) atoms. The lowest BCUT2D eigenvalue weighted by atomic mass is 10.1. The molecule has 152 valence electrons. The molecule has 3 rings (SSSR count). The maximum atomic E-state index is 12.3. The molecule has 0 bridgehead atoms. The van der Waals surface area contributed by atoms with Crippen molar-refractivity contribution in [3.05, 3.63) is 64.5 Å². The van der Waals surface area contributed by atoms with Crippen molar-refractivity contribution in [2.75, 3.05) is 11.1 Å². The molecule has 0 radical (unpaired) electrons. The van der Waals surface area contributed by atoms with Crippen LogP contribution < -0.4 is 10.1 Å². The molecule has 7 heteroatoms. The summed E-state index contributed by atoms with van der Waals surface area (Å²) in [5.41, 5.74) is 5.47. The summed E-state index contributed by atoms with van der Waals surface area (Å²) in [6.07, 6.45) is 0. The first-order chi connectivity index (χ1) is 13.8. The number of aryl methyl sites for hydroxylation is 4. The van der Waals surface area contributed by atoms with Gasteiger partial charge in [-0.3, -0.25) is 4.79 Å². The second kappa shape index (κ2) is 9.13. The molecule has 2 aromatic carbocycles. The average Bonchev–Trinajstić information content (AvgIpc) is 3.00. The Balaban J connectivity index is 1.54. The molecule has 0 saturated carbocycles. The van der Waals surface area contributed by atoms with Gasteiger partial charge in [0.25, 0.3) is 0 Å². The van der Waals surface area contributed by atoms with E-state index in [1.165, 1.54) is 17.3 Å². The molecule has 0 saturated heterocycles. The van der Waals surface area contributed by atoms with Gasteiger partial charge in [-0.2, -0.15) is 0 Å². The van der Waals surface area contributed by atoms with Crippen LogP contribution in [0.5, 0.6) is 5.75 Å². The van der Waals surface area contributed by atoms with E-state index in [1.807, 2.05) is 69.6 Å². The zero-order valence-corrected chi connectivity index (χ0v) is 18.3. The second-order valence-electron chi connectivity index (χ2n) is 7.21. The fourth-order valence-electron chi connectivity index (χ4n) is 2.91. The van der Waals surface area contributed by atoms with E-state index in [4.69, 9.17) is 4.74 Å². The first-order valence-corrected chi connectivity index (χ1v) is 10.4. The van der Waals surface area contributed by atoms with Crippen LogP contribution in [0.1, 0.15) is 28.1 Å². The minimum atomic E-state index is -0.0747. The van der Waals surface area contributed by atoms with Crippen molar-refractivity contribution < 1.29 is 9.53 Å². The van der Waals surface area contributed by atoms with E-state index in [9.17, 15) is 4.79 Å². The third-order valence-corrected chi connectivity index (χ3v) is 5.63. The van der Waals surface area contributed by atoms with Gasteiger partial charge in [0.15, 0.2) is 11.0 Å². The molecule has 0 spiro atoms. The zero-order chi connectivity index (χ0) is 21.0. The van der Waals surface area contributed by atoms with E-state index in [-0.39, 0.29) is 11.7 Å². The van der Waals surface area contributed by atoms with Crippen LogP contribution in [0.3, 0.4) is 0 Å². The summed E-state index contributed by atoms with van der Waals surface area (Å²) in [5, 5.41) is 12.0. The molecule has 0 fully saturated rings. The van der Waals surface area contributed by atoms with Crippen LogP contribution in [0.25, 0.3) is 0 Å². The summed E-state index contributed by atoms with van der Waals surface area (Å²) in [6, 6.07) is 12.0. The van der Waals surface area contributed by atoms with E-state index in [2.05, 4.69) is 21.6 Å². The Kier molecular flexibility index (Phi) is 6.59.